The summed E-state index contributed by atoms with van der Waals surface area (Å²) in [5, 5.41) is 5.78. The van der Waals surface area contributed by atoms with Crippen molar-refractivity contribution in [2.45, 2.75) is 59.0 Å². The summed E-state index contributed by atoms with van der Waals surface area (Å²) in [6.45, 7) is 10.5. The highest BCUT2D eigenvalue weighted by molar-refractivity contribution is 7.80. The zero-order valence-electron chi connectivity index (χ0n) is 19.4. The molecule has 2 N–H and O–H groups in total. The van der Waals surface area contributed by atoms with Crippen molar-refractivity contribution in [3.8, 4) is 5.75 Å². The average molecular weight is 457 g/mol. The predicted octanol–water partition coefficient (Wildman–Crippen LogP) is 5.22. The molecule has 0 saturated carbocycles. The lowest BCUT2D eigenvalue weighted by molar-refractivity contribution is -0.119. The highest BCUT2D eigenvalue weighted by Gasteiger charge is 2.13. The van der Waals surface area contributed by atoms with Gasteiger partial charge < -0.3 is 20.1 Å². The van der Waals surface area contributed by atoms with E-state index < -0.39 is 0 Å². The van der Waals surface area contributed by atoms with E-state index in [4.69, 9.17) is 21.7 Å². The van der Waals surface area contributed by atoms with Crippen LogP contribution in [0.1, 0.15) is 63.4 Å². The largest absolute Gasteiger partial charge is 0.494 e. The van der Waals surface area contributed by atoms with Crippen LogP contribution in [0.2, 0.25) is 0 Å². The van der Waals surface area contributed by atoms with Gasteiger partial charge in [-0.25, -0.2) is 4.79 Å². The van der Waals surface area contributed by atoms with Crippen LogP contribution in [-0.4, -0.2) is 29.7 Å². The summed E-state index contributed by atoms with van der Waals surface area (Å²) < 4.78 is 10.9. The number of anilines is 1. The molecule has 6 nitrogen and oxygen atoms in total. The van der Waals surface area contributed by atoms with Crippen LogP contribution in [-0.2, 0) is 14.9 Å². The molecule has 0 spiro atoms. The third kappa shape index (κ3) is 8.67. The zero-order chi connectivity index (χ0) is 23.7. The first kappa shape index (κ1) is 25.3. The minimum atomic E-state index is -0.380. The van der Waals surface area contributed by atoms with Gasteiger partial charge in [-0.2, -0.15) is 0 Å². The monoisotopic (exact) mass is 456 g/mol. The molecule has 0 aliphatic rings. The Bertz CT molecular complexity index is 916. The zero-order valence-corrected chi connectivity index (χ0v) is 20.2. The second-order valence-corrected chi connectivity index (χ2v) is 9.17. The quantitative estimate of drug-likeness (QED) is 0.322. The van der Waals surface area contributed by atoms with Crippen molar-refractivity contribution in [2.75, 3.05) is 11.9 Å². The molecule has 0 aliphatic carbocycles. The molecule has 0 aliphatic heterocycles. The van der Waals surface area contributed by atoms with E-state index in [2.05, 4.69) is 43.5 Å². The van der Waals surface area contributed by atoms with Crippen molar-refractivity contribution in [2.24, 2.45) is 0 Å². The second-order valence-electron chi connectivity index (χ2n) is 8.76. The molecule has 2 aromatic rings. The van der Waals surface area contributed by atoms with Gasteiger partial charge in [0, 0.05) is 12.1 Å². The first-order chi connectivity index (χ1) is 15.0. The molecule has 32 heavy (non-hydrogen) atoms. The van der Waals surface area contributed by atoms with Crippen molar-refractivity contribution in [1.29, 1.82) is 0 Å². The highest BCUT2D eigenvalue weighted by Crippen LogP contribution is 2.24. The lowest BCUT2D eigenvalue weighted by Gasteiger charge is -2.19. The van der Waals surface area contributed by atoms with E-state index >= 15 is 0 Å². The number of ether oxygens (including phenoxy) is 2. The Morgan fingerprint density at radius 1 is 1.00 bits per heavy atom. The van der Waals surface area contributed by atoms with Crippen molar-refractivity contribution in [3.63, 3.8) is 0 Å². The van der Waals surface area contributed by atoms with Crippen LogP contribution in [0.3, 0.4) is 0 Å². The van der Waals surface area contributed by atoms with Crippen LogP contribution < -0.4 is 15.4 Å². The second kappa shape index (κ2) is 11.6. The Morgan fingerprint density at radius 2 is 1.62 bits per heavy atom. The highest BCUT2D eigenvalue weighted by atomic mass is 32.1. The maximum absolute atomic E-state index is 12.1. The summed E-state index contributed by atoms with van der Waals surface area (Å²) in [6, 6.07) is 14.7. The van der Waals surface area contributed by atoms with Crippen LogP contribution >= 0.6 is 12.2 Å². The number of carbonyl (C=O) groups is 2. The number of hydrogen-bond acceptors (Lipinski definition) is 5. The molecule has 0 bridgehead atoms. The SMILES string of the molecule is CC(C)OC(=O)c1ccc(NC(=S)NC(=O)CCCOc2ccc(C(C)(C)C)cc2)cc1. The minimum absolute atomic E-state index is 0.102. The smallest absolute Gasteiger partial charge is 0.338 e. The fourth-order valence-electron chi connectivity index (χ4n) is 2.80. The van der Waals surface area contributed by atoms with E-state index in [1.165, 1.54) is 5.56 Å². The average Bonchev–Trinajstić information content (AvgIpc) is 2.71. The molecule has 0 aromatic heterocycles. The van der Waals surface area contributed by atoms with E-state index in [0.29, 0.717) is 30.7 Å². The Labute approximate surface area is 195 Å². The van der Waals surface area contributed by atoms with E-state index in [9.17, 15) is 9.59 Å². The van der Waals surface area contributed by atoms with E-state index in [1.807, 2.05) is 12.1 Å². The lowest BCUT2D eigenvalue weighted by atomic mass is 9.87. The third-order valence-corrected chi connectivity index (χ3v) is 4.72. The number of thiocarbonyl (C=S) groups is 1. The maximum atomic E-state index is 12.1. The fraction of sp³-hybridized carbons (Fsp3) is 0.400. The van der Waals surface area contributed by atoms with Crippen LogP contribution in [0.5, 0.6) is 5.75 Å². The number of amides is 1. The third-order valence-electron chi connectivity index (χ3n) is 4.51. The molecular weight excluding hydrogens is 424 g/mol. The molecule has 7 heteroatoms. The van der Waals surface area contributed by atoms with E-state index in [1.54, 1.807) is 38.1 Å². The van der Waals surface area contributed by atoms with Crippen LogP contribution in [0, 0.1) is 0 Å². The van der Waals surface area contributed by atoms with E-state index in [-0.39, 0.29) is 28.5 Å². The number of rotatable bonds is 8. The number of carbonyl (C=O) groups excluding carboxylic acids is 2. The summed E-state index contributed by atoms with van der Waals surface area (Å²) in [4.78, 5) is 24.0. The van der Waals surface area contributed by atoms with Gasteiger partial charge in [0.1, 0.15) is 5.75 Å². The first-order valence-electron chi connectivity index (χ1n) is 10.7. The number of esters is 1. The normalized spacial score (nSPS) is 11.1. The van der Waals surface area contributed by atoms with Crippen molar-refractivity contribution >= 4 is 34.9 Å². The number of nitrogens with one attached hydrogen (secondary N) is 2. The Morgan fingerprint density at radius 3 is 2.19 bits per heavy atom. The molecule has 2 rings (SSSR count). The Balaban J connectivity index is 1.69. The molecule has 172 valence electrons. The summed E-state index contributed by atoms with van der Waals surface area (Å²) in [5.41, 5.74) is 2.46. The Kier molecular flexibility index (Phi) is 9.20. The van der Waals surface area contributed by atoms with Gasteiger partial charge in [0.2, 0.25) is 5.91 Å². The van der Waals surface area contributed by atoms with Crippen molar-refractivity contribution < 1.29 is 19.1 Å². The maximum Gasteiger partial charge on any atom is 0.338 e. The molecule has 0 heterocycles. The van der Waals surface area contributed by atoms with Crippen molar-refractivity contribution in [3.05, 3.63) is 59.7 Å². The predicted molar refractivity (Wildman–Crippen MR) is 131 cm³/mol. The summed E-state index contributed by atoms with van der Waals surface area (Å²) in [7, 11) is 0. The molecular formula is C25H32N2O4S. The van der Waals surface area contributed by atoms with Gasteiger partial charge in [-0.15, -0.1) is 0 Å². The van der Waals surface area contributed by atoms with Gasteiger partial charge >= 0.3 is 5.97 Å². The van der Waals surface area contributed by atoms with Gasteiger partial charge in [0.15, 0.2) is 5.11 Å². The van der Waals surface area contributed by atoms with Crippen LogP contribution in [0.4, 0.5) is 5.69 Å². The summed E-state index contributed by atoms with van der Waals surface area (Å²) >= 11 is 5.19. The topological polar surface area (TPSA) is 76.7 Å². The van der Waals surface area contributed by atoms with Crippen molar-refractivity contribution in [1.82, 2.24) is 5.32 Å². The van der Waals surface area contributed by atoms with Crippen LogP contribution in [0.25, 0.3) is 0 Å². The van der Waals surface area contributed by atoms with Gasteiger partial charge in [0.25, 0.3) is 0 Å². The lowest BCUT2D eigenvalue weighted by Crippen LogP contribution is -2.34. The molecule has 1 amide bonds. The van der Waals surface area contributed by atoms with Gasteiger partial charge in [-0.3, -0.25) is 4.79 Å². The van der Waals surface area contributed by atoms with E-state index in [0.717, 1.165) is 5.75 Å². The first-order valence-corrected chi connectivity index (χ1v) is 11.1. The number of hydrogen-bond donors (Lipinski definition) is 2. The Hall–Kier alpha value is -2.93. The molecule has 0 atom stereocenters. The summed E-state index contributed by atoms with van der Waals surface area (Å²) in [5.74, 6) is 0.220. The molecule has 0 radical (unpaired) electrons. The standard InChI is InChI=1S/C25H32N2O4S/c1-17(2)31-23(29)18-8-12-20(13-9-18)26-24(32)27-22(28)7-6-16-30-21-14-10-19(11-15-21)25(3,4)5/h8-15,17H,6-7,16H2,1-5H3,(H2,26,27,28,32). The number of benzene rings is 2. The van der Waals surface area contributed by atoms with Crippen LogP contribution in [0.15, 0.2) is 48.5 Å². The molecule has 0 unspecified atom stereocenters. The minimum Gasteiger partial charge on any atom is -0.494 e. The molecule has 2 aromatic carbocycles. The fourth-order valence-corrected chi connectivity index (χ4v) is 3.03. The van der Waals surface area contributed by atoms with Gasteiger partial charge in [-0.1, -0.05) is 32.9 Å². The molecule has 0 fully saturated rings. The molecule has 0 saturated heterocycles. The van der Waals surface area contributed by atoms with Gasteiger partial charge in [-0.05, 0) is 79.9 Å². The van der Waals surface area contributed by atoms with Gasteiger partial charge in [0.05, 0.1) is 18.3 Å². The summed E-state index contributed by atoms with van der Waals surface area (Å²) in [6.07, 6.45) is 0.687.